The molecule has 0 atom stereocenters. The Morgan fingerprint density at radius 2 is 2.29 bits per heavy atom. The number of carbonyl (C=O) groups is 1. The first kappa shape index (κ1) is 10.0. The number of ether oxygens (including phenoxy) is 1. The summed E-state index contributed by atoms with van der Waals surface area (Å²) < 4.78 is 4.32. The highest BCUT2D eigenvalue weighted by Crippen LogP contribution is 2.06. The van der Waals surface area contributed by atoms with Crippen molar-refractivity contribution in [1.29, 1.82) is 0 Å². The number of nitrogen functional groups attached to an aromatic ring is 1. The molecule has 0 aliphatic heterocycles. The minimum atomic E-state index is -0.615. The van der Waals surface area contributed by atoms with Gasteiger partial charge in [0.2, 0.25) is 0 Å². The summed E-state index contributed by atoms with van der Waals surface area (Å²) in [7, 11) is 1.27. The highest BCUT2D eigenvalue weighted by Gasteiger charge is 1.94. The Labute approximate surface area is 81.6 Å². The van der Waals surface area contributed by atoms with Gasteiger partial charge in [-0.15, -0.1) is 0 Å². The van der Waals surface area contributed by atoms with Crippen LogP contribution in [0.4, 0.5) is 10.5 Å². The van der Waals surface area contributed by atoms with Crippen LogP contribution in [0.15, 0.2) is 29.4 Å². The van der Waals surface area contributed by atoms with E-state index in [2.05, 4.69) is 15.3 Å². The minimum absolute atomic E-state index is 0.600. The number of methoxy groups -OCH3 is 1. The Kier molecular flexibility index (Phi) is 3.49. The van der Waals surface area contributed by atoms with Crippen LogP contribution in [-0.2, 0) is 4.74 Å². The molecule has 0 radical (unpaired) electrons. The molecule has 0 unspecified atom stereocenters. The molecule has 0 aliphatic carbocycles. The number of benzene rings is 1. The largest absolute Gasteiger partial charge is 0.452 e. The lowest BCUT2D eigenvalue weighted by Gasteiger charge is -1.98. The molecule has 0 fully saturated rings. The summed E-state index contributed by atoms with van der Waals surface area (Å²) in [5, 5.41) is 3.64. The number of nitrogens with one attached hydrogen (secondary N) is 1. The first-order chi connectivity index (χ1) is 6.74. The molecule has 0 aromatic heterocycles. The van der Waals surface area contributed by atoms with Gasteiger partial charge < -0.3 is 10.5 Å². The van der Waals surface area contributed by atoms with Crippen LogP contribution < -0.4 is 11.2 Å². The lowest BCUT2D eigenvalue weighted by atomic mass is 10.2. The van der Waals surface area contributed by atoms with E-state index in [-0.39, 0.29) is 0 Å². The zero-order valence-electron chi connectivity index (χ0n) is 7.73. The van der Waals surface area contributed by atoms with Gasteiger partial charge >= 0.3 is 6.09 Å². The molecular weight excluding hydrogens is 182 g/mol. The molecule has 1 aromatic carbocycles. The summed E-state index contributed by atoms with van der Waals surface area (Å²) in [5.41, 5.74) is 9.14. The third-order valence-electron chi connectivity index (χ3n) is 1.54. The maximum absolute atomic E-state index is 10.6. The molecule has 5 nitrogen and oxygen atoms in total. The first-order valence-corrected chi connectivity index (χ1v) is 3.95. The lowest BCUT2D eigenvalue weighted by Crippen LogP contribution is -2.16. The number of hydrazone groups is 1. The van der Waals surface area contributed by atoms with E-state index in [0.29, 0.717) is 5.69 Å². The summed E-state index contributed by atoms with van der Waals surface area (Å²) in [5.74, 6) is 0. The first-order valence-electron chi connectivity index (χ1n) is 3.95. The Morgan fingerprint density at radius 3 is 2.93 bits per heavy atom. The zero-order valence-corrected chi connectivity index (χ0v) is 7.73. The Hall–Kier alpha value is -2.04. The van der Waals surface area contributed by atoms with Crippen molar-refractivity contribution in [3.63, 3.8) is 0 Å². The van der Waals surface area contributed by atoms with Crippen molar-refractivity contribution in [1.82, 2.24) is 5.43 Å². The predicted octanol–water partition coefficient (Wildman–Crippen LogP) is 0.959. The van der Waals surface area contributed by atoms with Crippen molar-refractivity contribution in [3.8, 4) is 0 Å². The fraction of sp³-hybridized carbons (Fsp3) is 0.111. The van der Waals surface area contributed by atoms with Gasteiger partial charge in [0.25, 0.3) is 0 Å². The van der Waals surface area contributed by atoms with Crippen LogP contribution in [0.1, 0.15) is 5.56 Å². The van der Waals surface area contributed by atoms with E-state index in [4.69, 9.17) is 5.73 Å². The van der Waals surface area contributed by atoms with Crippen molar-refractivity contribution in [2.75, 3.05) is 12.8 Å². The Morgan fingerprint density at radius 1 is 1.57 bits per heavy atom. The normalized spacial score (nSPS) is 10.1. The number of amides is 1. The number of para-hydroxylation sites is 1. The second kappa shape index (κ2) is 4.86. The van der Waals surface area contributed by atoms with Gasteiger partial charge in [-0.25, -0.2) is 10.2 Å². The van der Waals surface area contributed by atoms with E-state index >= 15 is 0 Å². The maximum atomic E-state index is 10.6. The maximum Gasteiger partial charge on any atom is 0.427 e. The van der Waals surface area contributed by atoms with Gasteiger partial charge in [0.15, 0.2) is 0 Å². The van der Waals surface area contributed by atoms with Gasteiger partial charge in [0.05, 0.1) is 13.3 Å². The van der Waals surface area contributed by atoms with Crippen LogP contribution in [0.5, 0.6) is 0 Å². The monoisotopic (exact) mass is 193 g/mol. The average Bonchev–Trinajstić information content (AvgIpc) is 2.20. The predicted molar refractivity (Wildman–Crippen MR) is 54.0 cm³/mol. The second-order valence-corrected chi connectivity index (χ2v) is 2.49. The minimum Gasteiger partial charge on any atom is -0.452 e. The number of hydrogen-bond donors (Lipinski definition) is 2. The Balaban J connectivity index is 2.60. The van der Waals surface area contributed by atoms with E-state index in [1.54, 1.807) is 12.1 Å². The molecule has 1 aromatic rings. The van der Waals surface area contributed by atoms with E-state index in [1.165, 1.54) is 13.3 Å². The zero-order chi connectivity index (χ0) is 10.4. The fourth-order valence-electron chi connectivity index (χ4n) is 0.829. The third kappa shape index (κ3) is 2.78. The van der Waals surface area contributed by atoms with Gasteiger partial charge in [-0.1, -0.05) is 18.2 Å². The van der Waals surface area contributed by atoms with Crippen molar-refractivity contribution in [2.24, 2.45) is 5.10 Å². The number of nitrogens with two attached hydrogens (primary N) is 1. The highest BCUT2D eigenvalue weighted by molar-refractivity contribution is 5.87. The SMILES string of the molecule is COC(=O)N/N=C/c1ccccc1N. The van der Waals surface area contributed by atoms with Crippen LogP contribution in [0, 0.1) is 0 Å². The molecule has 0 aliphatic rings. The van der Waals surface area contributed by atoms with E-state index in [9.17, 15) is 4.79 Å². The van der Waals surface area contributed by atoms with Crippen molar-refractivity contribution < 1.29 is 9.53 Å². The Bertz CT molecular complexity index is 350. The van der Waals surface area contributed by atoms with E-state index < -0.39 is 6.09 Å². The highest BCUT2D eigenvalue weighted by atomic mass is 16.5. The number of nitrogens with zero attached hydrogens (tertiary/aromatic N) is 1. The lowest BCUT2D eigenvalue weighted by molar-refractivity contribution is 0.171. The van der Waals surface area contributed by atoms with E-state index in [1.807, 2.05) is 12.1 Å². The molecule has 0 saturated heterocycles. The van der Waals surface area contributed by atoms with Crippen LogP contribution in [0.3, 0.4) is 0 Å². The van der Waals surface area contributed by atoms with Crippen molar-refractivity contribution >= 4 is 18.0 Å². The molecule has 0 spiro atoms. The number of rotatable bonds is 2. The van der Waals surface area contributed by atoms with Gasteiger partial charge in [-0.05, 0) is 6.07 Å². The molecule has 0 heterocycles. The van der Waals surface area contributed by atoms with Crippen molar-refractivity contribution in [3.05, 3.63) is 29.8 Å². The molecule has 3 N–H and O–H groups in total. The number of carbonyl (C=O) groups excluding carboxylic acids is 1. The molecular formula is C9H11N3O2. The third-order valence-corrected chi connectivity index (χ3v) is 1.54. The molecule has 0 saturated carbocycles. The number of hydrogen-bond acceptors (Lipinski definition) is 4. The average molecular weight is 193 g/mol. The summed E-state index contributed by atoms with van der Waals surface area (Å²) in [4.78, 5) is 10.6. The van der Waals surface area contributed by atoms with Crippen molar-refractivity contribution in [2.45, 2.75) is 0 Å². The van der Waals surface area contributed by atoms with Crippen LogP contribution >= 0.6 is 0 Å². The fourth-order valence-corrected chi connectivity index (χ4v) is 0.829. The smallest absolute Gasteiger partial charge is 0.427 e. The molecule has 0 bridgehead atoms. The summed E-state index contributed by atoms with van der Waals surface area (Å²) >= 11 is 0. The number of anilines is 1. The van der Waals surface area contributed by atoms with Crippen LogP contribution in [-0.4, -0.2) is 19.4 Å². The van der Waals surface area contributed by atoms with Gasteiger partial charge in [0, 0.05) is 11.3 Å². The molecule has 1 rings (SSSR count). The quantitative estimate of drug-likeness (QED) is 0.417. The summed E-state index contributed by atoms with van der Waals surface area (Å²) in [6.45, 7) is 0. The standard InChI is InChI=1S/C9H11N3O2/c1-14-9(13)12-11-6-7-4-2-3-5-8(7)10/h2-6H,10H2,1H3,(H,12,13)/b11-6+. The molecule has 74 valence electrons. The van der Waals surface area contributed by atoms with Gasteiger partial charge in [-0.3, -0.25) is 0 Å². The van der Waals surface area contributed by atoms with Crippen LogP contribution in [0.2, 0.25) is 0 Å². The molecule has 14 heavy (non-hydrogen) atoms. The second-order valence-electron chi connectivity index (χ2n) is 2.49. The van der Waals surface area contributed by atoms with Crippen LogP contribution in [0.25, 0.3) is 0 Å². The molecule has 5 heteroatoms. The summed E-state index contributed by atoms with van der Waals surface area (Å²) in [6.07, 6.45) is 0.836. The topological polar surface area (TPSA) is 76.7 Å². The molecule has 1 amide bonds. The summed E-state index contributed by atoms with van der Waals surface area (Å²) in [6, 6.07) is 7.19. The van der Waals surface area contributed by atoms with Gasteiger partial charge in [0.1, 0.15) is 0 Å². The van der Waals surface area contributed by atoms with Gasteiger partial charge in [-0.2, -0.15) is 5.10 Å². The van der Waals surface area contributed by atoms with E-state index in [0.717, 1.165) is 5.56 Å².